The lowest BCUT2D eigenvalue weighted by Gasteiger charge is -2.20. The van der Waals surface area contributed by atoms with Crippen LogP contribution in [0.1, 0.15) is 25.8 Å². The second-order valence-electron chi connectivity index (χ2n) is 3.80. The molecule has 1 N–H and O–H groups in total. The first-order valence-electron chi connectivity index (χ1n) is 5.25. The van der Waals surface area contributed by atoms with Crippen molar-refractivity contribution in [3.63, 3.8) is 0 Å². The summed E-state index contributed by atoms with van der Waals surface area (Å²) in [7, 11) is 1.72. The third-order valence-corrected chi connectivity index (χ3v) is 3.23. The van der Waals surface area contributed by atoms with Crippen LogP contribution in [0, 0.1) is 5.92 Å². The van der Waals surface area contributed by atoms with E-state index in [-0.39, 0.29) is 0 Å². The average molecular weight is 229 g/mol. The van der Waals surface area contributed by atoms with Crippen molar-refractivity contribution in [3.8, 4) is 0 Å². The van der Waals surface area contributed by atoms with Crippen LogP contribution in [0.2, 0.25) is 0 Å². The average Bonchev–Trinajstić information content (AvgIpc) is 2.65. The molecule has 0 fully saturated rings. The molecule has 1 aromatic heterocycles. The lowest BCUT2D eigenvalue weighted by molar-refractivity contribution is 0.171. The Bertz CT molecular complexity index is 288. The van der Waals surface area contributed by atoms with Crippen molar-refractivity contribution in [3.05, 3.63) is 5.01 Å². The number of rotatable bonds is 6. The number of nitrogens with zero attached hydrogens (tertiary/aromatic N) is 2. The number of anilines is 1. The van der Waals surface area contributed by atoms with Gasteiger partial charge in [0.15, 0.2) is 0 Å². The minimum absolute atomic E-state index is 0.299. The second-order valence-corrected chi connectivity index (χ2v) is 4.87. The molecule has 0 aliphatic rings. The molecular formula is C10H19N3OS. The maximum Gasteiger partial charge on any atom is 0.205 e. The minimum Gasteiger partial charge on any atom is -0.383 e. The highest BCUT2D eigenvalue weighted by atomic mass is 32.1. The fraction of sp³-hybridized carbons (Fsp3) is 0.800. The number of nitrogens with one attached hydrogen (secondary N) is 1. The summed E-state index contributed by atoms with van der Waals surface area (Å²) >= 11 is 1.62. The number of ether oxygens (including phenoxy) is 1. The van der Waals surface area contributed by atoms with E-state index in [9.17, 15) is 0 Å². The fourth-order valence-electron chi connectivity index (χ4n) is 1.19. The van der Waals surface area contributed by atoms with Gasteiger partial charge in [0, 0.05) is 7.11 Å². The van der Waals surface area contributed by atoms with Crippen LogP contribution in [-0.4, -0.2) is 30.0 Å². The van der Waals surface area contributed by atoms with Crippen molar-refractivity contribution in [2.45, 2.75) is 33.2 Å². The van der Waals surface area contributed by atoms with Gasteiger partial charge in [-0.15, -0.1) is 10.2 Å². The van der Waals surface area contributed by atoms with E-state index in [1.54, 1.807) is 18.4 Å². The molecule has 1 heterocycles. The fourth-order valence-corrected chi connectivity index (χ4v) is 1.93. The topological polar surface area (TPSA) is 47.0 Å². The summed E-state index contributed by atoms with van der Waals surface area (Å²) in [6, 6.07) is 0.299. The minimum atomic E-state index is 0.299. The van der Waals surface area contributed by atoms with Gasteiger partial charge in [-0.05, 0) is 12.3 Å². The van der Waals surface area contributed by atoms with E-state index in [0.717, 1.165) is 16.6 Å². The monoisotopic (exact) mass is 229 g/mol. The van der Waals surface area contributed by atoms with Crippen LogP contribution in [0.5, 0.6) is 0 Å². The molecule has 0 aliphatic carbocycles. The molecule has 1 aromatic rings. The van der Waals surface area contributed by atoms with Crippen molar-refractivity contribution in [1.82, 2.24) is 10.2 Å². The lowest BCUT2D eigenvalue weighted by atomic mass is 10.1. The van der Waals surface area contributed by atoms with Gasteiger partial charge in [0.05, 0.1) is 12.6 Å². The Kier molecular flexibility index (Phi) is 4.98. The molecule has 4 nitrogen and oxygen atoms in total. The number of hydrogen-bond donors (Lipinski definition) is 1. The largest absolute Gasteiger partial charge is 0.383 e. The summed E-state index contributed by atoms with van der Waals surface area (Å²) in [4.78, 5) is 0. The highest BCUT2D eigenvalue weighted by Crippen LogP contribution is 2.18. The summed E-state index contributed by atoms with van der Waals surface area (Å²) in [5.74, 6) is 0.513. The Morgan fingerprint density at radius 3 is 2.60 bits per heavy atom. The predicted octanol–water partition coefficient (Wildman–Crippen LogP) is 2.18. The van der Waals surface area contributed by atoms with Gasteiger partial charge in [0.1, 0.15) is 5.01 Å². The molecule has 0 bridgehead atoms. The smallest absolute Gasteiger partial charge is 0.205 e. The first-order valence-corrected chi connectivity index (χ1v) is 6.06. The van der Waals surface area contributed by atoms with Crippen LogP contribution in [0.3, 0.4) is 0 Å². The molecule has 0 aliphatic heterocycles. The molecule has 0 radical (unpaired) electrons. The zero-order valence-electron chi connectivity index (χ0n) is 9.78. The quantitative estimate of drug-likeness (QED) is 0.812. The molecule has 0 saturated heterocycles. The Morgan fingerprint density at radius 2 is 2.13 bits per heavy atom. The molecule has 0 saturated carbocycles. The van der Waals surface area contributed by atoms with Gasteiger partial charge in [-0.1, -0.05) is 32.1 Å². The third kappa shape index (κ3) is 3.76. The predicted molar refractivity (Wildman–Crippen MR) is 63.4 cm³/mol. The van der Waals surface area contributed by atoms with Crippen molar-refractivity contribution < 1.29 is 4.74 Å². The highest BCUT2D eigenvalue weighted by molar-refractivity contribution is 7.15. The Hall–Kier alpha value is -0.680. The van der Waals surface area contributed by atoms with E-state index in [0.29, 0.717) is 18.6 Å². The Labute approximate surface area is 95.1 Å². The molecule has 0 amide bonds. The zero-order chi connectivity index (χ0) is 11.3. The van der Waals surface area contributed by atoms with Gasteiger partial charge in [0.25, 0.3) is 0 Å². The molecule has 0 aromatic carbocycles. The standard InChI is InChI=1S/C10H19N3OS/c1-5-9-12-13-10(15-9)11-8(6-14-4)7(2)3/h7-8H,5-6H2,1-4H3,(H,11,13). The van der Waals surface area contributed by atoms with Gasteiger partial charge >= 0.3 is 0 Å². The highest BCUT2D eigenvalue weighted by Gasteiger charge is 2.14. The second kappa shape index (κ2) is 6.02. The molecule has 1 unspecified atom stereocenters. The first kappa shape index (κ1) is 12.4. The summed E-state index contributed by atoms with van der Waals surface area (Å²) in [5, 5.41) is 13.5. The van der Waals surface area contributed by atoms with E-state index in [2.05, 4.69) is 36.3 Å². The molecule has 15 heavy (non-hydrogen) atoms. The van der Waals surface area contributed by atoms with Crippen LogP contribution < -0.4 is 5.32 Å². The van der Waals surface area contributed by atoms with E-state index >= 15 is 0 Å². The van der Waals surface area contributed by atoms with Crippen LogP contribution in [0.4, 0.5) is 5.13 Å². The maximum atomic E-state index is 5.16. The number of methoxy groups -OCH3 is 1. The van der Waals surface area contributed by atoms with Crippen molar-refractivity contribution in [2.75, 3.05) is 19.0 Å². The number of hydrogen-bond acceptors (Lipinski definition) is 5. The number of aromatic nitrogens is 2. The van der Waals surface area contributed by atoms with Crippen molar-refractivity contribution in [1.29, 1.82) is 0 Å². The van der Waals surface area contributed by atoms with Crippen molar-refractivity contribution >= 4 is 16.5 Å². The SMILES string of the molecule is CCc1nnc(NC(COC)C(C)C)s1. The summed E-state index contributed by atoms with van der Waals surface area (Å²) in [6.45, 7) is 7.11. The summed E-state index contributed by atoms with van der Waals surface area (Å²) in [6.07, 6.45) is 0.940. The molecule has 1 rings (SSSR count). The van der Waals surface area contributed by atoms with Gasteiger partial charge in [-0.25, -0.2) is 0 Å². The Balaban J connectivity index is 2.57. The Morgan fingerprint density at radius 1 is 1.40 bits per heavy atom. The summed E-state index contributed by atoms with van der Waals surface area (Å²) in [5.41, 5.74) is 0. The van der Waals surface area contributed by atoms with Crippen LogP contribution in [0.15, 0.2) is 0 Å². The normalized spacial score (nSPS) is 13.1. The molecule has 86 valence electrons. The van der Waals surface area contributed by atoms with E-state index < -0.39 is 0 Å². The summed E-state index contributed by atoms with van der Waals surface area (Å²) < 4.78 is 5.16. The van der Waals surface area contributed by atoms with E-state index in [4.69, 9.17) is 4.74 Å². The molecular weight excluding hydrogens is 210 g/mol. The van der Waals surface area contributed by atoms with Gasteiger partial charge < -0.3 is 10.1 Å². The zero-order valence-corrected chi connectivity index (χ0v) is 10.6. The number of aryl methyl sites for hydroxylation is 1. The molecule has 0 spiro atoms. The van der Waals surface area contributed by atoms with Gasteiger partial charge in [-0.2, -0.15) is 0 Å². The van der Waals surface area contributed by atoms with Gasteiger partial charge in [-0.3, -0.25) is 0 Å². The third-order valence-electron chi connectivity index (χ3n) is 2.23. The van der Waals surface area contributed by atoms with Crippen molar-refractivity contribution in [2.24, 2.45) is 5.92 Å². The van der Waals surface area contributed by atoms with Crippen LogP contribution in [-0.2, 0) is 11.2 Å². The molecule has 5 heteroatoms. The van der Waals surface area contributed by atoms with E-state index in [1.165, 1.54) is 0 Å². The van der Waals surface area contributed by atoms with Crippen LogP contribution >= 0.6 is 11.3 Å². The molecule has 1 atom stereocenters. The maximum absolute atomic E-state index is 5.16. The van der Waals surface area contributed by atoms with E-state index in [1.807, 2.05) is 0 Å². The van der Waals surface area contributed by atoms with Crippen LogP contribution in [0.25, 0.3) is 0 Å². The first-order chi connectivity index (χ1) is 7.17. The van der Waals surface area contributed by atoms with Gasteiger partial charge in [0.2, 0.25) is 5.13 Å². The lowest BCUT2D eigenvalue weighted by Crippen LogP contribution is -2.30.